The summed E-state index contributed by atoms with van der Waals surface area (Å²) in [5.74, 6) is 3.07. The largest absolute Gasteiger partial charge is 0.502 e. The van der Waals surface area contributed by atoms with Crippen LogP contribution in [0.3, 0.4) is 0 Å². The molecule has 7 heteroatoms. The van der Waals surface area contributed by atoms with Crippen LogP contribution in [0.25, 0.3) is 0 Å². The molecular weight excluding hydrogens is 376 g/mol. The lowest BCUT2D eigenvalue weighted by molar-refractivity contribution is 0.0286. The molecule has 0 aromatic heterocycles. The minimum absolute atomic E-state index is 0.0190. The van der Waals surface area contributed by atoms with E-state index in [1.54, 1.807) is 19.2 Å². The molecule has 0 saturated carbocycles. The third-order valence-corrected chi connectivity index (χ3v) is 5.92. The van der Waals surface area contributed by atoms with Crippen molar-refractivity contribution < 1.29 is 33.5 Å². The highest BCUT2D eigenvalue weighted by Crippen LogP contribution is 2.53. The van der Waals surface area contributed by atoms with E-state index >= 15 is 0 Å². The molecule has 29 heavy (non-hydrogen) atoms. The molecule has 2 aromatic rings. The topological polar surface area (TPSA) is 75.6 Å². The number of phenols is 1. The van der Waals surface area contributed by atoms with Crippen LogP contribution in [0.4, 0.5) is 0 Å². The molecule has 1 N–H and O–H groups in total. The van der Waals surface area contributed by atoms with E-state index in [1.807, 2.05) is 12.1 Å². The van der Waals surface area contributed by atoms with E-state index in [0.717, 1.165) is 11.1 Å². The lowest BCUT2D eigenvalue weighted by Gasteiger charge is -2.19. The first-order valence-electron chi connectivity index (χ1n) is 9.56. The highest BCUT2D eigenvalue weighted by atomic mass is 16.7. The van der Waals surface area contributed by atoms with E-state index in [1.165, 1.54) is 14.2 Å². The fraction of sp³-hybridized carbons (Fsp3) is 0.455. The number of hydrogen-bond donors (Lipinski definition) is 1. The summed E-state index contributed by atoms with van der Waals surface area (Å²) in [5.41, 5.74) is 1.87. The first kappa shape index (κ1) is 19.5. The SMILES string of the molecule is COc1cc([C@@H]2O[C@H](c3cc(OC)c4c(c3)OCO4)[C@@H](C)[C@@H]2C)cc(OC)c1O. The van der Waals surface area contributed by atoms with Gasteiger partial charge in [-0.2, -0.15) is 0 Å². The van der Waals surface area contributed by atoms with Crippen LogP contribution < -0.4 is 23.7 Å². The monoisotopic (exact) mass is 402 g/mol. The number of phenolic OH excluding ortho intramolecular Hbond substituents is 1. The number of ether oxygens (including phenoxy) is 6. The maximum Gasteiger partial charge on any atom is 0.231 e. The average Bonchev–Trinajstić information content (AvgIpc) is 3.32. The Morgan fingerprint density at radius 3 is 1.86 bits per heavy atom. The molecule has 1 saturated heterocycles. The summed E-state index contributed by atoms with van der Waals surface area (Å²) in [7, 11) is 4.64. The van der Waals surface area contributed by atoms with Gasteiger partial charge in [0.25, 0.3) is 0 Å². The average molecular weight is 402 g/mol. The van der Waals surface area contributed by atoms with Gasteiger partial charge in [-0.15, -0.1) is 0 Å². The maximum absolute atomic E-state index is 10.2. The first-order chi connectivity index (χ1) is 14.0. The molecule has 4 rings (SSSR count). The Labute approximate surface area is 170 Å². The molecule has 0 spiro atoms. The molecule has 0 unspecified atom stereocenters. The van der Waals surface area contributed by atoms with Gasteiger partial charge < -0.3 is 33.5 Å². The minimum Gasteiger partial charge on any atom is -0.502 e. The predicted molar refractivity (Wildman–Crippen MR) is 105 cm³/mol. The highest BCUT2D eigenvalue weighted by molar-refractivity contribution is 5.56. The van der Waals surface area contributed by atoms with Crippen LogP contribution in [0.15, 0.2) is 24.3 Å². The zero-order chi connectivity index (χ0) is 20.7. The molecule has 7 nitrogen and oxygen atoms in total. The fourth-order valence-corrected chi connectivity index (χ4v) is 4.11. The van der Waals surface area contributed by atoms with Crippen molar-refractivity contribution in [3.63, 3.8) is 0 Å². The van der Waals surface area contributed by atoms with Crippen molar-refractivity contribution in [3.05, 3.63) is 35.4 Å². The van der Waals surface area contributed by atoms with Crippen LogP contribution in [0.2, 0.25) is 0 Å². The fourth-order valence-electron chi connectivity index (χ4n) is 4.11. The van der Waals surface area contributed by atoms with Crippen molar-refractivity contribution in [1.82, 2.24) is 0 Å². The van der Waals surface area contributed by atoms with Crippen molar-refractivity contribution in [2.24, 2.45) is 11.8 Å². The summed E-state index contributed by atoms with van der Waals surface area (Å²) < 4.78 is 33.7. The summed E-state index contributed by atoms with van der Waals surface area (Å²) in [4.78, 5) is 0. The quantitative estimate of drug-likeness (QED) is 0.802. The number of hydrogen-bond acceptors (Lipinski definition) is 7. The molecule has 2 aliphatic rings. The van der Waals surface area contributed by atoms with E-state index < -0.39 is 0 Å². The summed E-state index contributed by atoms with van der Waals surface area (Å²) in [6, 6.07) is 7.50. The third kappa shape index (κ3) is 3.19. The van der Waals surface area contributed by atoms with Crippen molar-refractivity contribution >= 4 is 0 Å². The van der Waals surface area contributed by atoms with Gasteiger partial charge in [-0.25, -0.2) is 0 Å². The molecule has 0 amide bonds. The molecule has 2 heterocycles. The zero-order valence-electron chi connectivity index (χ0n) is 17.2. The van der Waals surface area contributed by atoms with Crippen LogP contribution in [0.1, 0.15) is 37.2 Å². The summed E-state index contributed by atoms with van der Waals surface area (Å²) in [6.07, 6.45) is -0.334. The van der Waals surface area contributed by atoms with Gasteiger partial charge in [-0.1, -0.05) is 13.8 Å². The summed E-state index contributed by atoms with van der Waals surface area (Å²) >= 11 is 0. The Morgan fingerprint density at radius 1 is 0.793 bits per heavy atom. The van der Waals surface area contributed by atoms with Gasteiger partial charge in [0.05, 0.1) is 33.5 Å². The van der Waals surface area contributed by atoms with E-state index in [2.05, 4.69) is 13.8 Å². The van der Waals surface area contributed by atoms with Crippen LogP contribution in [-0.2, 0) is 4.74 Å². The molecule has 0 bridgehead atoms. The second kappa shape index (κ2) is 7.55. The number of fused-ring (bicyclic) bond motifs is 1. The van der Waals surface area contributed by atoms with Gasteiger partial charge in [-0.05, 0) is 47.2 Å². The Bertz CT molecular complexity index is 861. The van der Waals surface area contributed by atoms with Gasteiger partial charge in [0.2, 0.25) is 18.3 Å². The number of methoxy groups -OCH3 is 3. The molecular formula is C22H26O7. The molecule has 2 aliphatic heterocycles. The standard InChI is InChI=1S/C22H26O7/c1-11-12(2)21(14-8-17(26-5)22-18(9-14)27-10-28-22)29-20(11)13-6-15(24-3)19(23)16(7-13)25-4/h6-9,11-12,20-21,23H,10H2,1-5H3/t11-,12-,20+,21-/m0/s1. The molecule has 0 aliphatic carbocycles. The van der Waals surface area contributed by atoms with E-state index in [9.17, 15) is 5.11 Å². The smallest absolute Gasteiger partial charge is 0.231 e. The van der Waals surface area contributed by atoms with Gasteiger partial charge in [-0.3, -0.25) is 0 Å². The minimum atomic E-state index is -0.185. The second-order valence-electron chi connectivity index (χ2n) is 7.43. The molecule has 156 valence electrons. The van der Waals surface area contributed by atoms with Crippen molar-refractivity contribution in [2.45, 2.75) is 26.1 Å². The van der Waals surface area contributed by atoms with Crippen LogP contribution in [-0.4, -0.2) is 33.2 Å². The van der Waals surface area contributed by atoms with E-state index in [0.29, 0.717) is 28.7 Å². The second-order valence-corrected chi connectivity index (χ2v) is 7.43. The Balaban J connectivity index is 1.69. The van der Waals surface area contributed by atoms with Gasteiger partial charge >= 0.3 is 0 Å². The number of aromatic hydroxyl groups is 1. The first-order valence-corrected chi connectivity index (χ1v) is 9.56. The number of benzene rings is 2. The normalized spacial score (nSPS) is 25.1. The zero-order valence-corrected chi connectivity index (χ0v) is 17.2. The van der Waals surface area contributed by atoms with Crippen molar-refractivity contribution in [3.8, 4) is 34.5 Å². The summed E-state index contributed by atoms with van der Waals surface area (Å²) in [6.45, 7) is 4.51. The number of rotatable bonds is 5. The molecule has 4 atom stereocenters. The Kier molecular flexibility index (Phi) is 5.08. The molecule has 1 fully saturated rings. The summed E-state index contributed by atoms with van der Waals surface area (Å²) in [5, 5.41) is 10.2. The van der Waals surface area contributed by atoms with Crippen molar-refractivity contribution in [1.29, 1.82) is 0 Å². The van der Waals surface area contributed by atoms with Gasteiger partial charge in [0, 0.05) is 0 Å². The Morgan fingerprint density at radius 2 is 1.31 bits per heavy atom. The lowest BCUT2D eigenvalue weighted by atomic mass is 9.85. The molecule has 0 radical (unpaired) electrons. The predicted octanol–water partition coefficient (Wildman–Crippen LogP) is 4.23. The van der Waals surface area contributed by atoms with E-state index in [4.69, 9.17) is 28.4 Å². The van der Waals surface area contributed by atoms with Crippen LogP contribution >= 0.6 is 0 Å². The van der Waals surface area contributed by atoms with E-state index in [-0.39, 0.29) is 36.6 Å². The van der Waals surface area contributed by atoms with Crippen LogP contribution in [0, 0.1) is 11.8 Å². The maximum atomic E-state index is 10.2. The highest BCUT2D eigenvalue weighted by Gasteiger charge is 2.42. The molecule has 2 aromatic carbocycles. The van der Waals surface area contributed by atoms with Crippen molar-refractivity contribution in [2.75, 3.05) is 28.1 Å². The van der Waals surface area contributed by atoms with Gasteiger partial charge in [0.15, 0.2) is 23.0 Å². The third-order valence-electron chi connectivity index (χ3n) is 5.92. The van der Waals surface area contributed by atoms with Gasteiger partial charge in [0.1, 0.15) is 0 Å². The Hall–Kier alpha value is -2.80. The van der Waals surface area contributed by atoms with Crippen LogP contribution in [0.5, 0.6) is 34.5 Å². The lowest BCUT2D eigenvalue weighted by Crippen LogP contribution is -2.10.